The molecular formula is C22H36N2O2. The number of nitrogens with two attached hydrogens (primary N) is 1. The van der Waals surface area contributed by atoms with Crippen molar-refractivity contribution in [1.29, 1.82) is 0 Å². The van der Waals surface area contributed by atoms with Crippen molar-refractivity contribution in [2.75, 3.05) is 13.2 Å². The normalized spacial score (nSPS) is 49.5. The molecule has 0 heterocycles. The lowest BCUT2D eigenvalue weighted by Crippen LogP contribution is -2.53. The van der Waals surface area contributed by atoms with Gasteiger partial charge in [0.25, 0.3) is 0 Å². The van der Waals surface area contributed by atoms with E-state index >= 15 is 0 Å². The van der Waals surface area contributed by atoms with E-state index in [1.54, 1.807) is 0 Å². The summed E-state index contributed by atoms with van der Waals surface area (Å²) in [5.41, 5.74) is 7.14. The van der Waals surface area contributed by atoms with Crippen LogP contribution in [0.15, 0.2) is 5.16 Å². The Morgan fingerprint density at radius 1 is 1.19 bits per heavy atom. The molecule has 0 bridgehead atoms. The van der Waals surface area contributed by atoms with Gasteiger partial charge in [-0.2, -0.15) is 0 Å². The van der Waals surface area contributed by atoms with Crippen LogP contribution >= 0.6 is 0 Å². The van der Waals surface area contributed by atoms with E-state index in [4.69, 9.17) is 10.6 Å². The molecule has 0 spiro atoms. The van der Waals surface area contributed by atoms with Gasteiger partial charge in [-0.25, -0.2) is 0 Å². The van der Waals surface area contributed by atoms with E-state index in [-0.39, 0.29) is 11.3 Å². The number of nitrogens with zero attached hydrogens (tertiary/aromatic N) is 1. The highest BCUT2D eigenvalue weighted by atomic mass is 16.6. The zero-order valence-corrected chi connectivity index (χ0v) is 16.8. The van der Waals surface area contributed by atoms with Crippen molar-refractivity contribution in [3.8, 4) is 0 Å². The fourth-order valence-corrected chi connectivity index (χ4v) is 7.44. The summed E-state index contributed by atoms with van der Waals surface area (Å²) < 4.78 is 0. The number of hydrogen-bond acceptors (Lipinski definition) is 4. The van der Waals surface area contributed by atoms with E-state index in [1.807, 2.05) is 0 Å². The Hall–Kier alpha value is -0.900. The van der Waals surface area contributed by atoms with Crippen LogP contribution in [0.3, 0.4) is 0 Å². The minimum absolute atomic E-state index is 0.0267. The first-order chi connectivity index (χ1) is 12.4. The summed E-state index contributed by atoms with van der Waals surface area (Å²) >= 11 is 0. The summed E-state index contributed by atoms with van der Waals surface area (Å²) in [5.74, 6) is 3.75. The molecule has 4 nitrogen and oxygen atoms in total. The van der Waals surface area contributed by atoms with Crippen LogP contribution in [0.4, 0.5) is 0 Å². The molecule has 4 aliphatic rings. The first-order valence-corrected chi connectivity index (χ1v) is 10.8. The van der Waals surface area contributed by atoms with Crippen LogP contribution in [0.5, 0.6) is 0 Å². The first-order valence-electron chi connectivity index (χ1n) is 10.8. The lowest BCUT2D eigenvalue weighted by atomic mass is 9.45. The topological polar surface area (TPSA) is 64.7 Å². The Bertz CT molecular complexity index is 603. The van der Waals surface area contributed by atoms with Crippen LogP contribution in [0.1, 0.15) is 72.1 Å². The molecule has 7 atom stereocenters. The number of fused-ring (bicyclic) bond motifs is 5. The molecule has 0 aromatic rings. The van der Waals surface area contributed by atoms with Crippen molar-refractivity contribution in [2.45, 2.75) is 72.1 Å². The molecule has 0 aromatic heterocycles. The van der Waals surface area contributed by atoms with Gasteiger partial charge in [-0.3, -0.25) is 4.79 Å². The largest absolute Gasteiger partial charge is 0.395 e. The number of rotatable bonds is 3. The quantitative estimate of drug-likeness (QED) is 0.607. The Balaban J connectivity index is 1.52. The number of oxime groups is 1. The van der Waals surface area contributed by atoms with Crippen molar-refractivity contribution in [3.05, 3.63) is 0 Å². The first kappa shape index (κ1) is 18.5. The van der Waals surface area contributed by atoms with Crippen molar-refractivity contribution < 1.29 is 9.63 Å². The van der Waals surface area contributed by atoms with E-state index in [2.05, 4.69) is 25.9 Å². The number of carbonyl (C=O) groups is 1. The molecule has 4 fully saturated rings. The summed E-state index contributed by atoms with van der Waals surface area (Å²) in [6.07, 6.45) is 9.50. The van der Waals surface area contributed by atoms with Gasteiger partial charge in [0.15, 0.2) is 0 Å². The second-order valence-electron chi connectivity index (χ2n) is 10.1. The fourth-order valence-electron chi connectivity index (χ4n) is 7.44. The molecule has 0 saturated heterocycles. The fraction of sp³-hybridized carbons (Fsp3) is 0.909. The average molecular weight is 361 g/mol. The molecule has 146 valence electrons. The highest BCUT2D eigenvalue weighted by Crippen LogP contribution is 2.65. The molecule has 4 heteroatoms. The lowest BCUT2D eigenvalue weighted by Gasteiger charge is -2.59. The van der Waals surface area contributed by atoms with Gasteiger partial charge >= 0.3 is 0 Å². The number of carbonyl (C=O) groups excluding carboxylic acids is 1. The third kappa shape index (κ3) is 2.66. The summed E-state index contributed by atoms with van der Waals surface area (Å²) in [6, 6.07) is 0. The maximum Gasteiger partial charge on any atom is 0.141 e. The molecule has 0 aliphatic heterocycles. The smallest absolute Gasteiger partial charge is 0.141 e. The van der Waals surface area contributed by atoms with Gasteiger partial charge in [0, 0.05) is 17.9 Å². The van der Waals surface area contributed by atoms with E-state index in [9.17, 15) is 4.79 Å². The van der Waals surface area contributed by atoms with Gasteiger partial charge in [-0.15, -0.1) is 0 Å². The predicted octanol–water partition coefficient (Wildman–Crippen LogP) is 4.18. The average Bonchev–Trinajstić information content (AvgIpc) is 2.86. The maximum absolute atomic E-state index is 12.8. The van der Waals surface area contributed by atoms with Crippen molar-refractivity contribution in [3.63, 3.8) is 0 Å². The predicted molar refractivity (Wildman–Crippen MR) is 104 cm³/mol. The third-order valence-electron chi connectivity index (χ3n) is 8.91. The number of hydrogen-bond donors (Lipinski definition) is 1. The summed E-state index contributed by atoms with van der Waals surface area (Å²) in [4.78, 5) is 18.2. The van der Waals surface area contributed by atoms with Crippen molar-refractivity contribution >= 4 is 11.5 Å². The van der Waals surface area contributed by atoms with E-state index in [0.29, 0.717) is 30.3 Å². The summed E-state index contributed by atoms with van der Waals surface area (Å²) in [5, 5.41) is 4.38. The SMILES string of the molecule is CC1CC2C3CCC4CC(=NOCCN)CC[C@]4(C)C3CC[C@]2(C)C1=O. The van der Waals surface area contributed by atoms with E-state index in [0.717, 1.165) is 43.4 Å². The zero-order valence-electron chi connectivity index (χ0n) is 16.8. The van der Waals surface area contributed by atoms with Gasteiger partial charge in [0.1, 0.15) is 12.4 Å². The molecule has 0 amide bonds. The van der Waals surface area contributed by atoms with Crippen molar-refractivity contribution in [2.24, 2.45) is 51.3 Å². The lowest BCUT2D eigenvalue weighted by molar-refractivity contribution is -0.138. The molecule has 4 aliphatic carbocycles. The van der Waals surface area contributed by atoms with Crippen LogP contribution in [-0.4, -0.2) is 24.6 Å². The molecule has 4 saturated carbocycles. The van der Waals surface area contributed by atoms with Gasteiger partial charge in [-0.1, -0.05) is 25.9 Å². The van der Waals surface area contributed by atoms with Crippen LogP contribution in [-0.2, 0) is 9.63 Å². The number of Topliss-reactive ketones (excluding diaryl/α,β-unsaturated/α-hetero) is 1. The van der Waals surface area contributed by atoms with Crippen LogP contribution in [0, 0.1) is 40.4 Å². The zero-order chi connectivity index (χ0) is 18.5. The second kappa shape index (κ2) is 6.61. The summed E-state index contributed by atoms with van der Waals surface area (Å²) in [6.45, 7) is 8.05. The maximum atomic E-state index is 12.8. The third-order valence-corrected chi connectivity index (χ3v) is 8.91. The Morgan fingerprint density at radius 2 is 2.00 bits per heavy atom. The summed E-state index contributed by atoms with van der Waals surface area (Å²) in [7, 11) is 0. The monoisotopic (exact) mass is 360 g/mol. The minimum Gasteiger partial charge on any atom is -0.395 e. The molecule has 26 heavy (non-hydrogen) atoms. The molecule has 0 radical (unpaired) electrons. The Morgan fingerprint density at radius 3 is 2.77 bits per heavy atom. The van der Waals surface area contributed by atoms with E-state index < -0.39 is 0 Å². The molecular weight excluding hydrogens is 324 g/mol. The van der Waals surface area contributed by atoms with Gasteiger partial charge in [0.05, 0.1) is 5.71 Å². The van der Waals surface area contributed by atoms with Crippen LogP contribution < -0.4 is 5.73 Å². The molecule has 2 N–H and O–H groups in total. The molecule has 5 unspecified atom stereocenters. The minimum atomic E-state index is -0.0267. The van der Waals surface area contributed by atoms with Gasteiger partial charge in [0.2, 0.25) is 0 Å². The highest BCUT2D eigenvalue weighted by molar-refractivity contribution is 5.89. The van der Waals surface area contributed by atoms with Crippen LogP contribution in [0.25, 0.3) is 0 Å². The standard InChI is InChI=1S/C22H36N2O2/c1-14-12-19-17-5-4-15-13-16(24-26-11-10-23)6-8-21(15,2)18(17)7-9-22(19,3)20(14)25/h14-15,17-19H,4-13,23H2,1-3H3/t14?,15?,17?,18?,19?,21-,22-/m0/s1. The molecule has 0 aromatic carbocycles. The van der Waals surface area contributed by atoms with Gasteiger partial charge in [-0.05, 0) is 80.5 Å². The Kier molecular flexibility index (Phi) is 4.70. The van der Waals surface area contributed by atoms with E-state index in [1.165, 1.54) is 31.4 Å². The second-order valence-corrected chi connectivity index (χ2v) is 10.1. The van der Waals surface area contributed by atoms with Crippen LogP contribution in [0.2, 0.25) is 0 Å². The Labute approximate surface area is 158 Å². The van der Waals surface area contributed by atoms with Gasteiger partial charge < -0.3 is 10.6 Å². The molecule has 4 rings (SSSR count). The van der Waals surface area contributed by atoms with Crippen molar-refractivity contribution in [1.82, 2.24) is 0 Å². The highest BCUT2D eigenvalue weighted by Gasteiger charge is 2.61. The number of ketones is 1.